The molecule has 5 rings (SSSR count). The van der Waals surface area contributed by atoms with E-state index in [4.69, 9.17) is 9.47 Å². The Morgan fingerprint density at radius 1 is 0.872 bits per heavy atom. The fourth-order valence-electron chi connectivity index (χ4n) is 5.35. The van der Waals surface area contributed by atoms with E-state index in [2.05, 4.69) is 39.1 Å². The minimum atomic E-state index is -5.01. The number of methoxy groups -OCH3 is 1. The van der Waals surface area contributed by atoms with Crippen LogP contribution in [0.1, 0.15) is 40.7 Å². The lowest BCUT2D eigenvalue weighted by Gasteiger charge is -2.35. The van der Waals surface area contributed by atoms with Crippen molar-refractivity contribution >= 4 is 28.9 Å². The van der Waals surface area contributed by atoms with Crippen molar-refractivity contribution < 1.29 is 40.6 Å². The molecule has 3 aromatic rings. The average molecular weight is 678 g/mol. The van der Waals surface area contributed by atoms with Gasteiger partial charge < -0.3 is 14.4 Å². The highest BCUT2D eigenvalue weighted by atomic mass is 32.2. The predicted octanol–water partition coefficient (Wildman–Crippen LogP) is 7.92. The second-order valence-corrected chi connectivity index (χ2v) is 12.2. The lowest BCUT2D eigenvalue weighted by Crippen LogP contribution is -2.47. The molecule has 0 aromatic heterocycles. The van der Waals surface area contributed by atoms with Crippen molar-refractivity contribution in [3.8, 4) is 11.5 Å². The molecule has 3 aromatic carbocycles. The average Bonchev–Trinajstić information content (AvgIpc) is 3.41. The van der Waals surface area contributed by atoms with Gasteiger partial charge in [0.15, 0.2) is 16.7 Å². The van der Waals surface area contributed by atoms with Crippen LogP contribution in [0.2, 0.25) is 0 Å². The van der Waals surface area contributed by atoms with Gasteiger partial charge in [-0.3, -0.25) is 9.69 Å². The summed E-state index contributed by atoms with van der Waals surface area (Å²) in [5.74, 6) is -0.103. The van der Waals surface area contributed by atoms with Gasteiger partial charge in [0, 0.05) is 31.7 Å². The SMILES string of the molecule is COc1cc(C=C2SC(N3CCN(CCCCc4ccccc4)CC3)=NC2=O)ccc1OCc1ccc(C(F)(F)F)cc1C(F)(F)F. The Labute approximate surface area is 273 Å². The minimum Gasteiger partial charge on any atom is -0.493 e. The lowest BCUT2D eigenvalue weighted by atomic mass is 10.0. The molecule has 0 unspecified atom stereocenters. The van der Waals surface area contributed by atoms with Gasteiger partial charge in [-0.15, -0.1) is 0 Å². The fraction of sp³-hybridized carbons (Fsp3) is 0.353. The molecule has 0 aliphatic carbocycles. The molecule has 0 bridgehead atoms. The van der Waals surface area contributed by atoms with E-state index in [-0.39, 0.29) is 23.5 Å². The molecule has 2 aliphatic heterocycles. The number of carbonyl (C=O) groups excluding carboxylic acids is 1. The summed E-state index contributed by atoms with van der Waals surface area (Å²) in [5, 5.41) is 0.647. The summed E-state index contributed by atoms with van der Waals surface area (Å²) in [4.78, 5) is 21.9. The first-order valence-electron chi connectivity index (χ1n) is 15.0. The van der Waals surface area contributed by atoms with Crippen LogP contribution in [-0.2, 0) is 30.2 Å². The predicted molar refractivity (Wildman–Crippen MR) is 169 cm³/mol. The summed E-state index contributed by atoms with van der Waals surface area (Å²) in [6, 6.07) is 16.5. The van der Waals surface area contributed by atoms with Gasteiger partial charge >= 0.3 is 12.4 Å². The van der Waals surface area contributed by atoms with E-state index < -0.39 is 35.6 Å². The summed E-state index contributed by atoms with van der Waals surface area (Å²) in [6.45, 7) is 3.68. The van der Waals surface area contributed by atoms with Gasteiger partial charge in [-0.2, -0.15) is 31.3 Å². The number of carbonyl (C=O) groups is 1. The molecule has 1 amide bonds. The van der Waals surface area contributed by atoms with E-state index in [1.54, 1.807) is 18.2 Å². The third kappa shape index (κ3) is 9.10. The number of rotatable bonds is 10. The summed E-state index contributed by atoms with van der Waals surface area (Å²) >= 11 is 1.28. The van der Waals surface area contributed by atoms with Crippen molar-refractivity contribution in [2.45, 2.75) is 38.2 Å². The van der Waals surface area contributed by atoms with Crippen LogP contribution in [0.15, 0.2) is 76.6 Å². The Morgan fingerprint density at radius 2 is 1.62 bits per heavy atom. The van der Waals surface area contributed by atoms with Gasteiger partial charge in [-0.05, 0) is 79.0 Å². The van der Waals surface area contributed by atoms with Crippen LogP contribution >= 0.6 is 11.8 Å². The smallest absolute Gasteiger partial charge is 0.416 e. The van der Waals surface area contributed by atoms with Gasteiger partial charge in [0.25, 0.3) is 5.91 Å². The highest BCUT2D eigenvalue weighted by Crippen LogP contribution is 2.39. The van der Waals surface area contributed by atoms with Gasteiger partial charge in [-0.25, -0.2) is 0 Å². The Balaban J connectivity index is 1.15. The number of aryl methyl sites for hydroxylation is 1. The first-order chi connectivity index (χ1) is 22.4. The number of benzene rings is 3. The molecular weight excluding hydrogens is 644 g/mol. The van der Waals surface area contributed by atoms with Gasteiger partial charge in [0.05, 0.1) is 23.1 Å². The number of nitrogens with zero attached hydrogens (tertiary/aromatic N) is 3. The molecule has 0 atom stereocenters. The zero-order valence-electron chi connectivity index (χ0n) is 25.5. The number of unbranched alkanes of at least 4 members (excludes halogenated alkanes) is 1. The molecule has 47 heavy (non-hydrogen) atoms. The number of halogens is 6. The topological polar surface area (TPSA) is 54.4 Å². The normalized spacial score (nSPS) is 16.9. The molecule has 2 aliphatic rings. The summed E-state index contributed by atoms with van der Waals surface area (Å²) in [7, 11) is 1.35. The summed E-state index contributed by atoms with van der Waals surface area (Å²) < 4.78 is 90.5. The first kappa shape index (κ1) is 34.4. The second kappa shape index (κ2) is 14.8. The Morgan fingerprint density at radius 3 is 2.30 bits per heavy atom. The van der Waals surface area contributed by atoms with Crippen molar-refractivity contribution in [1.82, 2.24) is 9.80 Å². The van der Waals surface area contributed by atoms with Gasteiger partial charge in [-0.1, -0.05) is 42.5 Å². The molecule has 1 fully saturated rings. The number of ether oxygens (including phenoxy) is 2. The lowest BCUT2D eigenvalue weighted by molar-refractivity contribution is -0.143. The zero-order valence-corrected chi connectivity index (χ0v) is 26.4. The Bertz CT molecular complexity index is 1620. The first-order valence-corrected chi connectivity index (χ1v) is 15.8. The van der Waals surface area contributed by atoms with Crippen LogP contribution in [-0.4, -0.2) is 60.7 Å². The molecule has 0 radical (unpaired) electrons. The fourth-order valence-corrected chi connectivity index (χ4v) is 6.31. The molecule has 0 N–H and O–H groups in total. The summed E-state index contributed by atoms with van der Waals surface area (Å²) in [5.41, 5.74) is -1.36. The molecule has 0 spiro atoms. The van der Waals surface area contributed by atoms with Crippen LogP contribution in [0.3, 0.4) is 0 Å². The Hall–Kier alpha value is -3.97. The van der Waals surface area contributed by atoms with Crippen molar-refractivity contribution in [3.05, 3.63) is 99.5 Å². The maximum atomic E-state index is 13.5. The summed E-state index contributed by atoms with van der Waals surface area (Å²) in [6.07, 6.45) is -4.97. The number of amidine groups is 1. The van der Waals surface area contributed by atoms with Crippen molar-refractivity contribution in [1.29, 1.82) is 0 Å². The number of aliphatic imine (C=N–C) groups is 1. The third-order valence-electron chi connectivity index (χ3n) is 7.90. The van der Waals surface area contributed by atoms with Crippen LogP contribution in [0, 0.1) is 0 Å². The van der Waals surface area contributed by atoms with E-state index in [0.717, 1.165) is 58.1 Å². The number of alkyl halides is 6. The standard InChI is InChI=1S/C34H33F6N3O3S/c1-45-29-19-24(10-13-28(29)46-22-25-11-12-26(33(35,36)37)21-27(25)34(38,39)40)20-30-31(44)41-32(47-30)43-17-15-42(16-18-43)14-6-5-9-23-7-3-2-4-8-23/h2-4,7-8,10-13,19-21H,5-6,9,14-18,22H2,1H3. The highest BCUT2D eigenvalue weighted by molar-refractivity contribution is 8.18. The van der Waals surface area contributed by atoms with E-state index >= 15 is 0 Å². The maximum absolute atomic E-state index is 13.5. The second-order valence-electron chi connectivity index (χ2n) is 11.1. The molecule has 13 heteroatoms. The van der Waals surface area contributed by atoms with Crippen LogP contribution < -0.4 is 9.47 Å². The number of hydrogen-bond donors (Lipinski definition) is 0. The minimum absolute atomic E-state index is 0.0754. The van der Waals surface area contributed by atoms with Crippen molar-refractivity contribution in [2.24, 2.45) is 4.99 Å². The molecular formula is C34H33F6N3O3S. The van der Waals surface area contributed by atoms with Gasteiger partial charge in [0.1, 0.15) is 6.61 Å². The monoisotopic (exact) mass is 677 g/mol. The number of amides is 1. The maximum Gasteiger partial charge on any atom is 0.416 e. The van der Waals surface area contributed by atoms with Crippen LogP contribution in [0.4, 0.5) is 26.3 Å². The van der Waals surface area contributed by atoms with Crippen LogP contribution in [0.5, 0.6) is 11.5 Å². The van der Waals surface area contributed by atoms with Crippen molar-refractivity contribution in [3.63, 3.8) is 0 Å². The number of thioether (sulfide) groups is 1. The molecule has 0 saturated carbocycles. The van der Waals surface area contributed by atoms with Crippen LogP contribution in [0.25, 0.3) is 6.08 Å². The van der Waals surface area contributed by atoms with E-state index in [1.165, 1.54) is 30.5 Å². The molecule has 250 valence electrons. The van der Waals surface area contributed by atoms with E-state index in [0.29, 0.717) is 21.7 Å². The molecule has 6 nitrogen and oxygen atoms in total. The quantitative estimate of drug-likeness (QED) is 0.124. The highest BCUT2D eigenvalue weighted by Gasteiger charge is 2.38. The third-order valence-corrected chi connectivity index (χ3v) is 8.94. The molecule has 2 heterocycles. The van der Waals surface area contributed by atoms with Gasteiger partial charge in [0.2, 0.25) is 0 Å². The van der Waals surface area contributed by atoms with E-state index in [9.17, 15) is 31.1 Å². The Kier molecular flexibility index (Phi) is 10.9. The largest absolute Gasteiger partial charge is 0.493 e. The van der Waals surface area contributed by atoms with Crippen molar-refractivity contribution in [2.75, 3.05) is 39.8 Å². The number of hydrogen-bond acceptors (Lipinski definition) is 6. The number of piperazine rings is 1. The van der Waals surface area contributed by atoms with E-state index in [1.807, 2.05) is 6.07 Å². The zero-order chi connectivity index (χ0) is 33.6. The molecule has 1 saturated heterocycles.